The van der Waals surface area contributed by atoms with Crippen LogP contribution >= 0.6 is 0 Å². The maximum atomic E-state index is 12.8. The van der Waals surface area contributed by atoms with Crippen LogP contribution in [0, 0.1) is 11.3 Å². The second-order valence-electron chi connectivity index (χ2n) is 8.78. The molecular formula is C27H32N4O2. The van der Waals surface area contributed by atoms with Crippen LogP contribution in [0.15, 0.2) is 54.2 Å². The van der Waals surface area contributed by atoms with Crippen molar-refractivity contribution in [3.8, 4) is 11.8 Å². The van der Waals surface area contributed by atoms with Gasteiger partial charge in [-0.05, 0) is 61.4 Å². The summed E-state index contributed by atoms with van der Waals surface area (Å²) in [6, 6.07) is 16.4. The summed E-state index contributed by atoms with van der Waals surface area (Å²) in [6.07, 6.45) is 6.43. The lowest BCUT2D eigenvalue weighted by Crippen LogP contribution is -2.44. The van der Waals surface area contributed by atoms with Gasteiger partial charge in [0.1, 0.15) is 17.4 Å². The Morgan fingerprint density at radius 1 is 1.09 bits per heavy atom. The number of hydrogen-bond donors (Lipinski definition) is 1. The Hall–Kier alpha value is -3.46. The number of fused-ring (bicyclic) bond motifs is 1. The van der Waals surface area contributed by atoms with Crippen molar-refractivity contribution in [1.82, 2.24) is 10.2 Å². The average molecular weight is 445 g/mol. The number of nitrogens with zero attached hydrogens (tertiary/aromatic N) is 3. The molecule has 0 aromatic heterocycles. The highest BCUT2D eigenvalue weighted by atomic mass is 16.5. The largest absolute Gasteiger partial charge is 0.495 e. The molecule has 1 heterocycles. The molecule has 1 N–H and O–H groups in total. The summed E-state index contributed by atoms with van der Waals surface area (Å²) in [5.41, 5.74) is 5.12. The minimum Gasteiger partial charge on any atom is -0.495 e. The monoisotopic (exact) mass is 444 g/mol. The first-order chi connectivity index (χ1) is 16.1. The summed E-state index contributed by atoms with van der Waals surface area (Å²) in [5, 5.41) is 12.6. The Bertz CT molecular complexity index is 1060. The maximum absolute atomic E-state index is 12.8. The lowest BCUT2D eigenvalue weighted by Gasteiger charge is -2.36. The molecule has 2 aliphatic rings. The standard InChI is InChI=1S/C27H32N4O2/c1-20(22-12-11-21-7-3-4-8-23(21)17-22)29-27(32)24(18-28)19-30-13-15-31(16-14-30)25-9-5-6-10-26(25)33-2/h5-6,9-12,17,19-20H,3-4,7-8,13-16H2,1-2H3,(H,29,32)/b24-19-. The van der Waals surface area contributed by atoms with Crippen molar-refractivity contribution in [3.05, 3.63) is 70.9 Å². The fourth-order valence-corrected chi connectivity index (χ4v) is 4.68. The zero-order chi connectivity index (χ0) is 23.2. The molecular weight excluding hydrogens is 412 g/mol. The number of carbonyl (C=O) groups is 1. The van der Waals surface area contributed by atoms with E-state index >= 15 is 0 Å². The number of ether oxygens (including phenoxy) is 1. The maximum Gasteiger partial charge on any atom is 0.263 e. The normalized spacial score (nSPS) is 17.1. The Morgan fingerprint density at radius 3 is 2.55 bits per heavy atom. The molecule has 0 spiro atoms. The summed E-state index contributed by atoms with van der Waals surface area (Å²) in [6.45, 7) is 5.03. The van der Waals surface area contributed by atoms with Gasteiger partial charge in [0.2, 0.25) is 0 Å². The average Bonchev–Trinajstić information content (AvgIpc) is 2.87. The van der Waals surface area contributed by atoms with Gasteiger partial charge in [0.15, 0.2) is 0 Å². The number of methoxy groups -OCH3 is 1. The molecule has 0 bridgehead atoms. The molecule has 1 aliphatic carbocycles. The minimum absolute atomic E-state index is 0.144. The third-order valence-electron chi connectivity index (χ3n) is 6.64. The van der Waals surface area contributed by atoms with E-state index in [2.05, 4.69) is 40.6 Å². The SMILES string of the molecule is COc1ccccc1N1CCN(/C=C(/C#N)C(=O)NC(C)c2ccc3c(c2)CCCC3)CC1. The molecule has 1 saturated heterocycles. The van der Waals surface area contributed by atoms with Crippen LogP contribution in [0.4, 0.5) is 5.69 Å². The number of anilines is 1. The van der Waals surface area contributed by atoms with Gasteiger partial charge in [-0.25, -0.2) is 0 Å². The molecule has 6 nitrogen and oxygen atoms in total. The van der Waals surface area contributed by atoms with Crippen molar-refractivity contribution in [2.45, 2.75) is 38.6 Å². The molecule has 1 aliphatic heterocycles. The number of benzene rings is 2. The van der Waals surface area contributed by atoms with E-state index in [1.54, 1.807) is 13.3 Å². The second kappa shape index (κ2) is 10.4. The molecule has 172 valence electrons. The predicted octanol–water partition coefficient (Wildman–Crippen LogP) is 3.98. The van der Waals surface area contributed by atoms with Crippen molar-refractivity contribution in [2.24, 2.45) is 0 Å². The zero-order valence-corrected chi connectivity index (χ0v) is 19.5. The molecule has 1 fully saturated rings. The number of hydrogen-bond acceptors (Lipinski definition) is 5. The summed E-state index contributed by atoms with van der Waals surface area (Å²) in [4.78, 5) is 17.2. The van der Waals surface area contributed by atoms with E-state index in [0.717, 1.165) is 56.0 Å². The number of para-hydroxylation sites is 2. The third kappa shape index (κ3) is 5.31. The Kier molecular flexibility index (Phi) is 7.19. The van der Waals surface area contributed by atoms with Gasteiger partial charge in [-0.1, -0.05) is 30.3 Å². The van der Waals surface area contributed by atoms with Crippen LogP contribution in [0.1, 0.15) is 42.5 Å². The van der Waals surface area contributed by atoms with Crippen LogP contribution in [0.2, 0.25) is 0 Å². The molecule has 4 rings (SSSR count). The number of nitriles is 1. The van der Waals surface area contributed by atoms with E-state index in [-0.39, 0.29) is 17.5 Å². The first kappa shape index (κ1) is 22.7. The number of piperazine rings is 1. The topological polar surface area (TPSA) is 68.6 Å². The summed E-state index contributed by atoms with van der Waals surface area (Å²) in [5.74, 6) is 0.532. The van der Waals surface area contributed by atoms with Gasteiger partial charge in [0.05, 0.1) is 18.8 Å². The molecule has 1 amide bonds. The van der Waals surface area contributed by atoms with Crippen molar-refractivity contribution in [2.75, 3.05) is 38.2 Å². The summed E-state index contributed by atoms with van der Waals surface area (Å²) in [7, 11) is 1.68. The van der Waals surface area contributed by atoms with Crippen molar-refractivity contribution >= 4 is 11.6 Å². The van der Waals surface area contributed by atoms with E-state index in [0.29, 0.717) is 0 Å². The minimum atomic E-state index is -0.324. The lowest BCUT2D eigenvalue weighted by atomic mass is 9.89. The number of rotatable bonds is 6. The third-order valence-corrected chi connectivity index (χ3v) is 6.64. The van der Waals surface area contributed by atoms with Crippen LogP contribution in [0.25, 0.3) is 0 Å². The molecule has 2 aromatic carbocycles. The van der Waals surface area contributed by atoms with Gasteiger partial charge < -0.3 is 19.9 Å². The van der Waals surface area contributed by atoms with Crippen LogP contribution in [-0.4, -0.2) is 44.1 Å². The number of aryl methyl sites for hydroxylation is 2. The summed E-state index contributed by atoms with van der Waals surface area (Å²) >= 11 is 0. The number of nitrogens with one attached hydrogen (secondary N) is 1. The molecule has 33 heavy (non-hydrogen) atoms. The summed E-state index contributed by atoms with van der Waals surface area (Å²) < 4.78 is 5.48. The quantitative estimate of drug-likeness (QED) is 0.539. The number of amides is 1. The van der Waals surface area contributed by atoms with Crippen LogP contribution in [0.3, 0.4) is 0 Å². The van der Waals surface area contributed by atoms with E-state index in [1.807, 2.05) is 30.0 Å². The molecule has 1 atom stereocenters. The zero-order valence-electron chi connectivity index (χ0n) is 19.5. The van der Waals surface area contributed by atoms with Crippen molar-refractivity contribution in [3.63, 3.8) is 0 Å². The lowest BCUT2D eigenvalue weighted by molar-refractivity contribution is -0.117. The fraction of sp³-hybridized carbons (Fsp3) is 0.407. The Balaban J connectivity index is 1.37. The highest BCUT2D eigenvalue weighted by Crippen LogP contribution is 2.28. The number of carbonyl (C=O) groups excluding carboxylic acids is 1. The molecule has 6 heteroatoms. The predicted molar refractivity (Wildman–Crippen MR) is 130 cm³/mol. The van der Waals surface area contributed by atoms with E-state index in [4.69, 9.17) is 4.74 Å². The highest BCUT2D eigenvalue weighted by Gasteiger charge is 2.21. The Labute approximate surface area is 196 Å². The fourth-order valence-electron chi connectivity index (χ4n) is 4.68. The Morgan fingerprint density at radius 2 is 1.82 bits per heavy atom. The highest BCUT2D eigenvalue weighted by molar-refractivity contribution is 5.97. The van der Waals surface area contributed by atoms with E-state index in [9.17, 15) is 10.1 Å². The first-order valence-electron chi connectivity index (χ1n) is 11.8. The van der Waals surface area contributed by atoms with Gasteiger partial charge in [0.25, 0.3) is 5.91 Å². The molecule has 0 saturated carbocycles. The van der Waals surface area contributed by atoms with Crippen LogP contribution < -0.4 is 15.0 Å². The van der Waals surface area contributed by atoms with Crippen molar-refractivity contribution < 1.29 is 9.53 Å². The van der Waals surface area contributed by atoms with Gasteiger partial charge in [-0.2, -0.15) is 5.26 Å². The smallest absolute Gasteiger partial charge is 0.263 e. The second-order valence-corrected chi connectivity index (χ2v) is 8.78. The van der Waals surface area contributed by atoms with Gasteiger partial charge in [-0.15, -0.1) is 0 Å². The van der Waals surface area contributed by atoms with E-state index < -0.39 is 0 Å². The van der Waals surface area contributed by atoms with Gasteiger partial charge in [0, 0.05) is 32.4 Å². The molecule has 0 radical (unpaired) electrons. The van der Waals surface area contributed by atoms with Crippen LogP contribution in [0.5, 0.6) is 5.75 Å². The van der Waals surface area contributed by atoms with E-state index in [1.165, 1.54) is 24.0 Å². The molecule has 1 unspecified atom stereocenters. The molecule has 2 aromatic rings. The first-order valence-corrected chi connectivity index (χ1v) is 11.8. The van der Waals surface area contributed by atoms with Crippen LogP contribution in [-0.2, 0) is 17.6 Å². The van der Waals surface area contributed by atoms with Gasteiger partial charge in [-0.3, -0.25) is 4.79 Å². The van der Waals surface area contributed by atoms with Crippen molar-refractivity contribution in [1.29, 1.82) is 5.26 Å². The van der Waals surface area contributed by atoms with Gasteiger partial charge >= 0.3 is 0 Å².